The van der Waals surface area contributed by atoms with Crippen molar-refractivity contribution in [3.05, 3.63) is 75.6 Å². The summed E-state index contributed by atoms with van der Waals surface area (Å²) in [7, 11) is 0. The number of benzene rings is 2. The quantitative estimate of drug-likeness (QED) is 0.486. The predicted molar refractivity (Wildman–Crippen MR) is 129 cm³/mol. The van der Waals surface area contributed by atoms with Crippen LogP contribution in [0.15, 0.2) is 53.1 Å². The Morgan fingerprint density at radius 3 is 2.91 bits per heavy atom. The van der Waals surface area contributed by atoms with Crippen molar-refractivity contribution >= 4 is 33.5 Å². The Bertz CT molecular complexity index is 1190. The maximum Gasteiger partial charge on any atom is 0.258 e. The Morgan fingerprint density at radius 2 is 2.12 bits per heavy atom. The van der Waals surface area contributed by atoms with E-state index in [0.29, 0.717) is 12.5 Å². The summed E-state index contributed by atoms with van der Waals surface area (Å²) >= 11 is 3.52. The fourth-order valence-electron chi connectivity index (χ4n) is 4.17. The van der Waals surface area contributed by atoms with Crippen molar-refractivity contribution in [2.24, 2.45) is 0 Å². The van der Waals surface area contributed by atoms with Gasteiger partial charge in [0.25, 0.3) is 5.91 Å². The lowest BCUT2D eigenvalue weighted by molar-refractivity contribution is 0.0853. The smallest absolute Gasteiger partial charge is 0.258 e. The first-order valence-electron chi connectivity index (χ1n) is 11.3. The van der Waals surface area contributed by atoms with Gasteiger partial charge in [0.1, 0.15) is 18.0 Å². The number of hydrogen-bond acceptors (Lipinski definition) is 6. The van der Waals surface area contributed by atoms with Crippen LogP contribution in [0.4, 0.5) is 16.0 Å². The molecule has 1 saturated heterocycles. The number of carbonyl (C=O) groups is 1. The van der Waals surface area contributed by atoms with E-state index in [9.17, 15) is 9.18 Å². The van der Waals surface area contributed by atoms with E-state index in [1.807, 2.05) is 17.0 Å². The Hall–Kier alpha value is -3.04. The highest BCUT2D eigenvalue weighted by Crippen LogP contribution is 2.35. The van der Waals surface area contributed by atoms with Gasteiger partial charge in [0, 0.05) is 36.1 Å². The highest BCUT2D eigenvalue weighted by molar-refractivity contribution is 9.10. The minimum Gasteiger partial charge on any atom is -0.472 e. The van der Waals surface area contributed by atoms with Crippen LogP contribution in [-0.4, -0.2) is 41.7 Å². The van der Waals surface area contributed by atoms with E-state index in [4.69, 9.17) is 9.47 Å². The number of carbonyl (C=O) groups excluding carboxylic acids is 1. The minimum absolute atomic E-state index is 0.0214. The van der Waals surface area contributed by atoms with Gasteiger partial charge >= 0.3 is 0 Å². The van der Waals surface area contributed by atoms with Gasteiger partial charge in [-0.3, -0.25) is 4.79 Å². The number of ether oxygens (including phenoxy) is 2. The molecule has 176 valence electrons. The summed E-state index contributed by atoms with van der Waals surface area (Å²) in [4.78, 5) is 24.1. The molecule has 1 fully saturated rings. The van der Waals surface area contributed by atoms with Gasteiger partial charge in [0.05, 0.1) is 6.10 Å². The lowest BCUT2D eigenvalue weighted by Gasteiger charge is -2.19. The summed E-state index contributed by atoms with van der Waals surface area (Å²) in [6.45, 7) is 2.02. The predicted octanol–water partition coefficient (Wildman–Crippen LogP) is 4.56. The topological polar surface area (TPSA) is 76.6 Å². The van der Waals surface area contributed by atoms with Gasteiger partial charge in [0.2, 0.25) is 11.8 Å². The van der Waals surface area contributed by atoms with Crippen molar-refractivity contribution < 1.29 is 18.7 Å². The molecule has 1 amide bonds. The van der Waals surface area contributed by atoms with E-state index in [1.54, 1.807) is 12.1 Å². The Kier molecular flexibility index (Phi) is 6.73. The first kappa shape index (κ1) is 22.7. The monoisotopic (exact) mass is 526 g/mol. The van der Waals surface area contributed by atoms with E-state index in [2.05, 4.69) is 37.3 Å². The Labute approximate surface area is 205 Å². The third kappa shape index (κ3) is 5.05. The number of anilines is 2. The molecule has 1 atom stereocenters. The van der Waals surface area contributed by atoms with Crippen LogP contribution in [0, 0.1) is 5.82 Å². The fraction of sp³-hybridized carbons (Fsp3) is 0.320. The molecule has 1 aromatic heterocycles. The first-order valence-corrected chi connectivity index (χ1v) is 12.1. The largest absolute Gasteiger partial charge is 0.472 e. The van der Waals surface area contributed by atoms with Gasteiger partial charge in [-0.25, -0.2) is 9.37 Å². The third-order valence-electron chi connectivity index (χ3n) is 5.97. The number of fused-ring (bicyclic) bond motifs is 1. The number of hydrogen-bond donors (Lipinski definition) is 1. The molecule has 0 spiro atoms. The van der Waals surface area contributed by atoms with Crippen LogP contribution in [-0.2, 0) is 17.8 Å². The summed E-state index contributed by atoms with van der Waals surface area (Å²) in [6, 6.07) is 12.1. The Balaban J connectivity index is 1.40. The zero-order chi connectivity index (χ0) is 23.5. The Morgan fingerprint density at radius 1 is 1.26 bits per heavy atom. The molecule has 1 unspecified atom stereocenters. The zero-order valence-electron chi connectivity index (χ0n) is 18.5. The SMILES string of the molecule is O=C(NCC1CCCO1)c1cnc(N2CCc3cc(Br)ccc32)nc1OCc1ccc(F)cc1. The van der Waals surface area contributed by atoms with Gasteiger partial charge in [-0.1, -0.05) is 28.1 Å². The third-order valence-corrected chi connectivity index (χ3v) is 6.46. The number of nitrogens with one attached hydrogen (secondary N) is 1. The number of nitrogens with zero attached hydrogens (tertiary/aromatic N) is 3. The van der Waals surface area contributed by atoms with Crippen LogP contribution in [0.25, 0.3) is 0 Å². The van der Waals surface area contributed by atoms with E-state index in [1.165, 1.54) is 23.9 Å². The molecule has 3 heterocycles. The highest BCUT2D eigenvalue weighted by Gasteiger charge is 2.26. The molecular weight excluding hydrogens is 503 g/mol. The van der Waals surface area contributed by atoms with Crippen LogP contribution >= 0.6 is 15.9 Å². The first-order chi connectivity index (χ1) is 16.6. The maximum atomic E-state index is 13.3. The molecule has 3 aromatic rings. The molecule has 0 bridgehead atoms. The molecule has 5 rings (SSSR count). The molecule has 2 aromatic carbocycles. The summed E-state index contributed by atoms with van der Waals surface area (Å²) in [5.41, 5.74) is 3.25. The van der Waals surface area contributed by atoms with Gasteiger partial charge in [0.15, 0.2) is 0 Å². The molecule has 2 aliphatic heterocycles. The van der Waals surface area contributed by atoms with E-state index >= 15 is 0 Å². The maximum absolute atomic E-state index is 13.3. The molecule has 2 aliphatic rings. The van der Waals surface area contributed by atoms with Crippen LogP contribution in [0.2, 0.25) is 0 Å². The summed E-state index contributed by atoms with van der Waals surface area (Å²) in [5, 5.41) is 2.91. The lowest BCUT2D eigenvalue weighted by Crippen LogP contribution is -2.32. The number of amides is 1. The second-order valence-electron chi connectivity index (χ2n) is 8.32. The molecule has 34 heavy (non-hydrogen) atoms. The van der Waals surface area contributed by atoms with Gasteiger partial charge in [-0.2, -0.15) is 4.98 Å². The lowest BCUT2D eigenvalue weighted by atomic mass is 10.2. The fourth-order valence-corrected chi connectivity index (χ4v) is 4.58. The average molecular weight is 527 g/mol. The highest BCUT2D eigenvalue weighted by atomic mass is 79.9. The summed E-state index contributed by atoms with van der Waals surface area (Å²) < 4.78 is 25.9. The van der Waals surface area contributed by atoms with Gasteiger partial charge < -0.3 is 19.7 Å². The summed E-state index contributed by atoms with van der Waals surface area (Å²) in [5.74, 6) is 0.0131. The zero-order valence-corrected chi connectivity index (χ0v) is 20.1. The van der Waals surface area contributed by atoms with Crippen molar-refractivity contribution in [2.75, 3.05) is 24.6 Å². The number of halogens is 2. The van der Waals surface area contributed by atoms with Crippen molar-refractivity contribution in [3.8, 4) is 5.88 Å². The van der Waals surface area contributed by atoms with Gasteiger partial charge in [-0.15, -0.1) is 0 Å². The normalized spacial score (nSPS) is 17.0. The van der Waals surface area contributed by atoms with Crippen molar-refractivity contribution in [1.82, 2.24) is 15.3 Å². The second-order valence-corrected chi connectivity index (χ2v) is 9.24. The molecule has 0 aliphatic carbocycles. The van der Waals surface area contributed by atoms with Crippen LogP contribution in [0.5, 0.6) is 5.88 Å². The van der Waals surface area contributed by atoms with Gasteiger partial charge in [-0.05, 0) is 60.7 Å². The van der Waals surface area contributed by atoms with Crippen LogP contribution in [0.3, 0.4) is 0 Å². The van der Waals surface area contributed by atoms with Crippen molar-refractivity contribution in [1.29, 1.82) is 0 Å². The molecule has 0 saturated carbocycles. The number of aromatic nitrogens is 2. The van der Waals surface area contributed by atoms with Crippen LogP contribution < -0.4 is 15.0 Å². The standard InChI is InChI=1S/C25H24BrFN4O3/c26-18-5-8-22-17(12-18)9-10-31(22)25-29-14-21(23(32)28-13-20-2-1-11-33-20)24(30-25)34-15-16-3-6-19(27)7-4-16/h3-8,12,14,20H,1-2,9-11,13,15H2,(H,28,32). The van der Waals surface area contributed by atoms with E-state index < -0.39 is 0 Å². The van der Waals surface area contributed by atoms with E-state index in [0.717, 1.165) is 48.1 Å². The minimum atomic E-state index is -0.318. The van der Waals surface area contributed by atoms with Crippen LogP contribution in [0.1, 0.15) is 34.3 Å². The molecule has 9 heteroatoms. The molecular formula is C25H24BrFN4O3. The van der Waals surface area contributed by atoms with E-state index in [-0.39, 0.29) is 35.9 Å². The number of rotatable bonds is 7. The second kappa shape index (κ2) is 10.1. The van der Waals surface area contributed by atoms with Crippen molar-refractivity contribution in [3.63, 3.8) is 0 Å². The average Bonchev–Trinajstić information content (AvgIpc) is 3.52. The molecule has 7 nitrogen and oxygen atoms in total. The molecule has 1 N–H and O–H groups in total. The van der Waals surface area contributed by atoms with Crippen molar-refractivity contribution in [2.45, 2.75) is 32.0 Å². The summed E-state index contributed by atoms with van der Waals surface area (Å²) in [6.07, 6.45) is 4.32. The molecule has 0 radical (unpaired) electrons.